The predicted octanol–water partition coefficient (Wildman–Crippen LogP) is 5.42. The minimum absolute atomic E-state index is 0.0317. The molecule has 0 unspecified atom stereocenters. The van der Waals surface area contributed by atoms with Crippen LogP contribution in [0.3, 0.4) is 0 Å². The fourth-order valence-electron chi connectivity index (χ4n) is 3.27. The van der Waals surface area contributed by atoms with Crippen LogP contribution in [0.4, 0.5) is 10.1 Å². The van der Waals surface area contributed by atoms with Crippen LogP contribution < -0.4 is 10.6 Å². The van der Waals surface area contributed by atoms with Crippen molar-refractivity contribution in [2.45, 2.75) is 19.9 Å². The number of benzene rings is 3. The van der Waals surface area contributed by atoms with Gasteiger partial charge in [-0.2, -0.15) is 0 Å². The van der Waals surface area contributed by atoms with Gasteiger partial charge in [-0.25, -0.2) is 4.39 Å². The van der Waals surface area contributed by atoms with Gasteiger partial charge >= 0.3 is 0 Å². The zero-order valence-corrected chi connectivity index (χ0v) is 16.2. The van der Waals surface area contributed by atoms with E-state index in [2.05, 4.69) is 24.5 Å². The number of anilines is 1. The van der Waals surface area contributed by atoms with Crippen LogP contribution in [-0.4, -0.2) is 12.5 Å². The molecule has 0 aromatic heterocycles. The Hall–Kier alpha value is -2.98. The summed E-state index contributed by atoms with van der Waals surface area (Å²) in [5.41, 5.74) is 3.78. The molecule has 144 valence electrons. The van der Waals surface area contributed by atoms with E-state index in [1.165, 1.54) is 12.1 Å². The molecule has 4 heteroatoms. The first-order chi connectivity index (χ1) is 13.5. The molecule has 1 atom stereocenters. The molecule has 0 aliphatic heterocycles. The molecule has 0 heterocycles. The molecule has 0 fully saturated rings. The summed E-state index contributed by atoms with van der Waals surface area (Å²) in [6, 6.07) is 24.1. The number of carbonyl (C=O) groups excluding carboxylic acids is 1. The van der Waals surface area contributed by atoms with Crippen molar-refractivity contribution in [1.82, 2.24) is 5.32 Å². The van der Waals surface area contributed by atoms with E-state index in [0.29, 0.717) is 0 Å². The van der Waals surface area contributed by atoms with E-state index in [-0.39, 0.29) is 30.2 Å². The lowest BCUT2D eigenvalue weighted by molar-refractivity contribution is -0.115. The summed E-state index contributed by atoms with van der Waals surface area (Å²) in [4.78, 5) is 12.6. The van der Waals surface area contributed by atoms with E-state index in [4.69, 9.17) is 0 Å². The Labute approximate surface area is 165 Å². The van der Waals surface area contributed by atoms with Crippen molar-refractivity contribution in [2.24, 2.45) is 5.92 Å². The van der Waals surface area contributed by atoms with Gasteiger partial charge in [0.2, 0.25) is 5.91 Å². The van der Waals surface area contributed by atoms with E-state index in [1.807, 2.05) is 54.6 Å². The van der Waals surface area contributed by atoms with Gasteiger partial charge < -0.3 is 10.6 Å². The number of amides is 1. The summed E-state index contributed by atoms with van der Waals surface area (Å²) in [6.45, 7) is 4.32. The van der Waals surface area contributed by atoms with Gasteiger partial charge in [-0.05, 0) is 35.2 Å². The van der Waals surface area contributed by atoms with E-state index in [9.17, 15) is 9.18 Å². The van der Waals surface area contributed by atoms with Gasteiger partial charge in [-0.1, -0.05) is 74.5 Å². The number of carbonyl (C=O) groups is 1. The van der Waals surface area contributed by atoms with Crippen molar-refractivity contribution in [3.63, 3.8) is 0 Å². The SMILES string of the molecule is CC(C)[C@H](NCC(=O)Nc1ccccc1-c1ccccc1)c1ccc(F)cc1. The molecule has 28 heavy (non-hydrogen) atoms. The lowest BCUT2D eigenvalue weighted by Gasteiger charge is -2.23. The van der Waals surface area contributed by atoms with Crippen molar-refractivity contribution in [3.8, 4) is 11.1 Å². The molecule has 3 nitrogen and oxygen atoms in total. The van der Waals surface area contributed by atoms with E-state index < -0.39 is 0 Å². The Morgan fingerprint density at radius 3 is 2.21 bits per heavy atom. The minimum atomic E-state index is -0.262. The van der Waals surface area contributed by atoms with Crippen molar-refractivity contribution in [2.75, 3.05) is 11.9 Å². The van der Waals surface area contributed by atoms with Gasteiger partial charge in [0, 0.05) is 17.3 Å². The largest absolute Gasteiger partial charge is 0.324 e. The van der Waals surface area contributed by atoms with Crippen LogP contribution >= 0.6 is 0 Å². The first-order valence-corrected chi connectivity index (χ1v) is 9.47. The number of hydrogen-bond donors (Lipinski definition) is 2. The molecule has 3 aromatic carbocycles. The van der Waals surface area contributed by atoms with Crippen LogP contribution in [0, 0.1) is 11.7 Å². The summed E-state index contributed by atoms with van der Waals surface area (Å²) in [6.07, 6.45) is 0. The van der Waals surface area contributed by atoms with Gasteiger partial charge in [0.15, 0.2) is 0 Å². The highest BCUT2D eigenvalue weighted by Gasteiger charge is 2.17. The second-order valence-electron chi connectivity index (χ2n) is 7.11. The third-order valence-corrected chi connectivity index (χ3v) is 4.66. The highest BCUT2D eigenvalue weighted by Crippen LogP contribution is 2.27. The molecule has 0 saturated carbocycles. The molecule has 0 radical (unpaired) electrons. The van der Waals surface area contributed by atoms with Crippen molar-refractivity contribution in [1.29, 1.82) is 0 Å². The molecule has 0 aliphatic rings. The first kappa shape index (κ1) is 19.8. The maximum absolute atomic E-state index is 13.2. The average molecular weight is 376 g/mol. The fraction of sp³-hybridized carbons (Fsp3) is 0.208. The Morgan fingerprint density at radius 2 is 1.54 bits per heavy atom. The summed E-state index contributed by atoms with van der Waals surface area (Å²) >= 11 is 0. The fourth-order valence-corrected chi connectivity index (χ4v) is 3.27. The maximum Gasteiger partial charge on any atom is 0.238 e. The van der Waals surface area contributed by atoms with Gasteiger partial charge in [0.05, 0.1) is 6.54 Å². The smallest absolute Gasteiger partial charge is 0.238 e. The second-order valence-corrected chi connectivity index (χ2v) is 7.11. The third kappa shape index (κ3) is 5.05. The molecule has 0 spiro atoms. The number of nitrogens with one attached hydrogen (secondary N) is 2. The van der Waals surface area contributed by atoms with Gasteiger partial charge in [0.1, 0.15) is 5.82 Å². The van der Waals surface area contributed by atoms with Crippen LogP contribution in [0.25, 0.3) is 11.1 Å². The predicted molar refractivity (Wildman–Crippen MR) is 112 cm³/mol. The first-order valence-electron chi connectivity index (χ1n) is 9.47. The van der Waals surface area contributed by atoms with Crippen molar-refractivity contribution >= 4 is 11.6 Å². The van der Waals surface area contributed by atoms with Crippen LogP contribution in [0.15, 0.2) is 78.9 Å². The Bertz CT molecular complexity index is 907. The average Bonchev–Trinajstić information content (AvgIpc) is 2.70. The van der Waals surface area contributed by atoms with Crippen LogP contribution in [0.2, 0.25) is 0 Å². The number of para-hydroxylation sites is 1. The molecule has 0 saturated heterocycles. The third-order valence-electron chi connectivity index (χ3n) is 4.66. The number of rotatable bonds is 7. The molecule has 3 aromatic rings. The second kappa shape index (κ2) is 9.29. The lowest BCUT2D eigenvalue weighted by Crippen LogP contribution is -2.33. The summed E-state index contributed by atoms with van der Waals surface area (Å²) < 4.78 is 13.2. The van der Waals surface area contributed by atoms with E-state index >= 15 is 0 Å². The number of hydrogen-bond acceptors (Lipinski definition) is 2. The molecule has 2 N–H and O–H groups in total. The topological polar surface area (TPSA) is 41.1 Å². The zero-order valence-electron chi connectivity index (χ0n) is 16.2. The molecule has 1 amide bonds. The van der Waals surface area contributed by atoms with Crippen molar-refractivity contribution in [3.05, 3.63) is 90.2 Å². The standard InChI is InChI=1S/C24H25FN2O/c1-17(2)24(19-12-14-20(25)15-13-19)26-16-23(28)27-22-11-7-6-10-21(22)18-8-4-3-5-9-18/h3-15,17,24,26H,16H2,1-2H3,(H,27,28)/t24-/m0/s1. The Balaban J connectivity index is 1.68. The minimum Gasteiger partial charge on any atom is -0.324 e. The maximum atomic E-state index is 13.2. The Kier molecular flexibility index (Phi) is 6.56. The summed E-state index contributed by atoms with van der Waals surface area (Å²) in [7, 11) is 0. The van der Waals surface area contributed by atoms with Gasteiger partial charge in [-0.3, -0.25) is 4.79 Å². The Morgan fingerprint density at radius 1 is 0.893 bits per heavy atom. The molecule has 0 aliphatic carbocycles. The van der Waals surface area contributed by atoms with Crippen molar-refractivity contribution < 1.29 is 9.18 Å². The van der Waals surface area contributed by atoms with Crippen LogP contribution in [0.1, 0.15) is 25.5 Å². The van der Waals surface area contributed by atoms with Gasteiger partial charge in [-0.15, -0.1) is 0 Å². The van der Waals surface area contributed by atoms with Crippen LogP contribution in [0.5, 0.6) is 0 Å². The van der Waals surface area contributed by atoms with E-state index in [0.717, 1.165) is 22.4 Å². The highest BCUT2D eigenvalue weighted by molar-refractivity contribution is 5.96. The molecular weight excluding hydrogens is 351 g/mol. The van der Waals surface area contributed by atoms with Gasteiger partial charge in [0.25, 0.3) is 0 Å². The normalized spacial score (nSPS) is 12.0. The monoisotopic (exact) mass is 376 g/mol. The number of halogens is 1. The van der Waals surface area contributed by atoms with E-state index in [1.54, 1.807) is 12.1 Å². The quantitative estimate of drug-likeness (QED) is 0.578. The molecule has 0 bridgehead atoms. The molecule has 3 rings (SSSR count). The molecular formula is C24H25FN2O. The zero-order chi connectivity index (χ0) is 19.9. The summed E-state index contributed by atoms with van der Waals surface area (Å²) in [5, 5.41) is 6.30. The summed E-state index contributed by atoms with van der Waals surface area (Å²) in [5.74, 6) is -0.118. The van der Waals surface area contributed by atoms with Crippen LogP contribution in [-0.2, 0) is 4.79 Å². The lowest BCUT2D eigenvalue weighted by atomic mass is 9.96. The highest BCUT2D eigenvalue weighted by atomic mass is 19.1.